The van der Waals surface area contributed by atoms with Gasteiger partial charge < -0.3 is 20.9 Å². The summed E-state index contributed by atoms with van der Waals surface area (Å²) in [7, 11) is 3.94. The molecular weight excluding hydrogens is 381 g/mol. The van der Waals surface area contributed by atoms with E-state index in [0.717, 1.165) is 24.2 Å². The summed E-state index contributed by atoms with van der Waals surface area (Å²) in [6.45, 7) is 6.85. The number of carbonyl (C=O) groups is 1. The molecule has 162 valence electrons. The van der Waals surface area contributed by atoms with Gasteiger partial charge in [-0.15, -0.1) is 0 Å². The third-order valence-corrected chi connectivity index (χ3v) is 4.48. The lowest BCUT2D eigenvalue weighted by Gasteiger charge is -2.12. The fraction of sp³-hybridized carbons (Fsp3) is 0.391. The fourth-order valence-corrected chi connectivity index (χ4v) is 2.82. The number of likely N-dealkylation sites (N-methyl/N-ethyl adjacent to an activating group) is 1. The van der Waals surface area contributed by atoms with Gasteiger partial charge in [-0.05, 0) is 62.8 Å². The zero-order valence-electron chi connectivity index (χ0n) is 18.3. The summed E-state index contributed by atoms with van der Waals surface area (Å²) in [6, 6.07) is 12.5. The first-order chi connectivity index (χ1) is 14.4. The number of aliphatic imine (C=N–C) groups is 1. The van der Waals surface area contributed by atoms with Crippen molar-refractivity contribution in [2.24, 2.45) is 4.99 Å². The molecule has 0 heterocycles. The number of nitrogens with zero attached hydrogens (tertiary/aromatic N) is 2. The largest absolute Gasteiger partial charge is 0.357 e. The number of benzene rings is 2. The minimum Gasteiger partial charge on any atom is -0.357 e. The van der Waals surface area contributed by atoms with Crippen LogP contribution in [0.5, 0.6) is 0 Å². The number of nitrogens with one attached hydrogen (secondary N) is 3. The zero-order chi connectivity index (χ0) is 21.9. The van der Waals surface area contributed by atoms with Gasteiger partial charge in [-0.2, -0.15) is 0 Å². The molecule has 0 atom stereocenters. The van der Waals surface area contributed by atoms with Crippen molar-refractivity contribution in [3.8, 4) is 0 Å². The number of carbonyl (C=O) groups excluding carboxylic acids is 1. The number of hydrogen-bond acceptors (Lipinski definition) is 3. The average molecular weight is 414 g/mol. The van der Waals surface area contributed by atoms with Gasteiger partial charge in [0.15, 0.2) is 5.96 Å². The summed E-state index contributed by atoms with van der Waals surface area (Å²) in [5.74, 6) is 0.379. The smallest absolute Gasteiger partial charge is 0.251 e. The number of guanidine groups is 1. The average Bonchev–Trinajstić information content (AvgIpc) is 2.72. The van der Waals surface area contributed by atoms with Gasteiger partial charge in [-0.25, -0.2) is 9.38 Å². The van der Waals surface area contributed by atoms with E-state index >= 15 is 0 Å². The minimum absolute atomic E-state index is 0.0839. The molecule has 3 N–H and O–H groups in total. The Morgan fingerprint density at radius 1 is 1.07 bits per heavy atom. The first kappa shape index (κ1) is 23.3. The number of hydrogen-bond donors (Lipinski definition) is 3. The van der Waals surface area contributed by atoms with Crippen molar-refractivity contribution < 1.29 is 9.18 Å². The SMILES string of the molecule is CCNC(=NCc1cccc(C(=O)NCCN(C)C)c1)NCc1ccc(F)c(C)c1. The summed E-state index contributed by atoms with van der Waals surface area (Å²) >= 11 is 0. The Labute approximate surface area is 178 Å². The number of aryl methyl sites for hydroxylation is 1. The van der Waals surface area contributed by atoms with Gasteiger partial charge in [0.1, 0.15) is 5.82 Å². The highest BCUT2D eigenvalue weighted by atomic mass is 19.1. The molecule has 2 rings (SSSR count). The highest BCUT2D eigenvalue weighted by Gasteiger charge is 2.06. The molecule has 0 aromatic heterocycles. The van der Waals surface area contributed by atoms with E-state index in [1.54, 1.807) is 19.1 Å². The van der Waals surface area contributed by atoms with Gasteiger partial charge in [0, 0.05) is 31.7 Å². The predicted molar refractivity (Wildman–Crippen MR) is 120 cm³/mol. The van der Waals surface area contributed by atoms with E-state index in [1.165, 1.54) is 6.07 Å². The van der Waals surface area contributed by atoms with Crippen LogP contribution < -0.4 is 16.0 Å². The highest BCUT2D eigenvalue weighted by Crippen LogP contribution is 2.09. The molecule has 0 aliphatic rings. The van der Waals surface area contributed by atoms with E-state index in [-0.39, 0.29) is 11.7 Å². The molecule has 0 saturated carbocycles. The molecular formula is C23H32FN5O. The first-order valence-electron chi connectivity index (χ1n) is 10.2. The Kier molecular flexibility index (Phi) is 9.28. The van der Waals surface area contributed by atoms with Crippen LogP contribution >= 0.6 is 0 Å². The number of rotatable bonds is 9. The van der Waals surface area contributed by atoms with E-state index in [2.05, 4.69) is 20.9 Å². The quantitative estimate of drug-likeness (QED) is 0.437. The highest BCUT2D eigenvalue weighted by molar-refractivity contribution is 5.94. The Hall–Kier alpha value is -2.93. The standard InChI is InChI=1S/C23H32FN5O/c1-5-25-23(28-16-19-9-10-21(24)17(2)13-19)27-15-18-7-6-8-20(14-18)22(30)26-11-12-29(3)4/h6-10,13-14H,5,11-12,15-16H2,1-4H3,(H,26,30)(H2,25,27,28). The molecule has 2 aromatic carbocycles. The number of halogens is 1. The Morgan fingerprint density at radius 3 is 2.57 bits per heavy atom. The van der Waals surface area contributed by atoms with Gasteiger partial charge >= 0.3 is 0 Å². The van der Waals surface area contributed by atoms with Crippen molar-refractivity contribution in [1.29, 1.82) is 0 Å². The molecule has 0 aliphatic carbocycles. The molecule has 7 heteroatoms. The third-order valence-electron chi connectivity index (χ3n) is 4.48. The molecule has 0 saturated heterocycles. The van der Waals surface area contributed by atoms with Crippen molar-refractivity contribution in [3.63, 3.8) is 0 Å². The van der Waals surface area contributed by atoms with Gasteiger partial charge in [-0.1, -0.05) is 24.3 Å². The maximum absolute atomic E-state index is 13.4. The number of amides is 1. The van der Waals surface area contributed by atoms with E-state index in [0.29, 0.717) is 36.7 Å². The Balaban J connectivity index is 1.98. The third kappa shape index (κ3) is 7.83. The summed E-state index contributed by atoms with van der Waals surface area (Å²) in [4.78, 5) is 18.9. The maximum atomic E-state index is 13.4. The van der Waals surface area contributed by atoms with Crippen LogP contribution in [0.3, 0.4) is 0 Å². The second-order valence-electron chi connectivity index (χ2n) is 7.39. The molecule has 0 unspecified atom stereocenters. The molecule has 0 aliphatic heterocycles. The van der Waals surface area contributed by atoms with Crippen molar-refractivity contribution in [3.05, 3.63) is 70.5 Å². The molecule has 2 aromatic rings. The van der Waals surface area contributed by atoms with Gasteiger partial charge in [0.05, 0.1) is 6.54 Å². The molecule has 0 bridgehead atoms. The second kappa shape index (κ2) is 11.9. The Bertz CT molecular complexity index is 866. The fourth-order valence-electron chi connectivity index (χ4n) is 2.82. The maximum Gasteiger partial charge on any atom is 0.251 e. The molecule has 6 nitrogen and oxygen atoms in total. The van der Waals surface area contributed by atoms with Crippen LogP contribution in [0.2, 0.25) is 0 Å². The van der Waals surface area contributed by atoms with Gasteiger partial charge in [0.2, 0.25) is 0 Å². The van der Waals surface area contributed by atoms with Crippen LogP contribution in [0.1, 0.15) is 34.0 Å². The second-order valence-corrected chi connectivity index (χ2v) is 7.39. The first-order valence-corrected chi connectivity index (χ1v) is 10.2. The summed E-state index contributed by atoms with van der Waals surface area (Å²) in [5.41, 5.74) is 3.18. The molecule has 30 heavy (non-hydrogen) atoms. The normalized spacial score (nSPS) is 11.5. The summed E-state index contributed by atoms with van der Waals surface area (Å²) in [5, 5.41) is 9.39. The zero-order valence-corrected chi connectivity index (χ0v) is 18.3. The predicted octanol–water partition coefficient (Wildman–Crippen LogP) is 2.68. The van der Waals surface area contributed by atoms with E-state index < -0.39 is 0 Å². The lowest BCUT2D eigenvalue weighted by Crippen LogP contribution is -2.36. The van der Waals surface area contributed by atoms with E-state index in [1.807, 2.05) is 50.2 Å². The summed E-state index contributed by atoms with van der Waals surface area (Å²) < 4.78 is 13.4. The monoisotopic (exact) mass is 413 g/mol. The molecule has 1 amide bonds. The summed E-state index contributed by atoms with van der Waals surface area (Å²) in [6.07, 6.45) is 0. The van der Waals surface area contributed by atoms with Crippen LogP contribution in [0.4, 0.5) is 4.39 Å². The lowest BCUT2D eigenvalue weighted by atomic mass is 10.1. The van der Waals surface area contributed by atoms with Crippen LogP contribution in [-0.4, -0.2) is 50.5 Å². The van der Waals surface area contributed by atoms with Gasteiger partial charge in [-0.3, -0.25) is 4.79 Å². The lowest BCUT2D eigenvalue weighted by molar-refractivity contribution is 0.0951. The van der Waals surface area contributed by atoms with Crippen LogP contribution in [0, 0.1) is 12.7 Å². The van der Waals surface area contributed by atoms with Crippen LogP contribution in [0.15, 0.2) is 47.5 Å². The molecule has 0 fully saturated rings. The van der Waals surface area contributed by atoms with Gasteiger partial charge in [0.25, 0.3) is 5.91 Å². The molecule has 0 radical (unpaired) electrons. The minimum atomic E-state index is -0.204. The van der Waals surface area contributed by atoms with Crippen molar-refractivity contribution in [2.75, 3.05) is 33.7 Å². The van der Waals surface area contributed by atoms with Crippen molar-refractivity contribution in [2.45, 2.75) is 26.9 Å². The molecule has 0 spiro atoms. The van der Waals surface area contributed by atoms with Crippen LogP contribution in [-0.2, 0) is 13.1 Å². The topological polar surface area (TPSA) is 68.8 Å². The van der Waals surface area contributed by atoms with Crippen molar-refractivity contribution >= 4 is 11.9 Å². The van der Waals surface area contributed by atoms with E-state index in [4.69, 9.17) is 0 Å². The van der Waals surface area contributed by atoms with Crippen LogP contribution in [0.25, 0.3) is 0 Å². The Morgan fingerprint density at radius 2 is 1.87 bits per heavy atom. The van der Waals surface area contributed by atoms with E-state index in [9.17, 15) is 9.18 Å². The van der Waals surface area contributed by atoms with Crippen molar-refractivity contribution in [1.82, 2.24) is 20.9 Å².